The lowest BCUT2D eigenvalue weighted by molar-refractivity contribution is -0.137. The number of hydrogen-bond acceptors (Lipinski definition) is 8. The highest BCUT2D eigenvalue weighted by atomic mass is 32.2. The van der Waals surface area contributed by atoms with Crippen LogP contribution in [0.25, 0.3) is 16.6 Å². The van der Waals surface area contributed by atoms with Gasteiger partial charge in [-0.1, -0.05) is 6.07 Å². The number of nitrogens with two attached hydrogens (primary N) is 2. The number of amides is 2. The number of primary amides is 1. The average molecular weight is 579 g/mol. The molecule has 1 aliphatic heterocycles. The Kier molecular flexibility index (Phi) is 6.83. The van der Waals surface area contributed by atoms with Gasteiger partial charge in [0.2, 0.25) is 0 Å². The van der Waals surface area contributed by atoms with Crippen molar-refractivity contribution < 1.29 is 30.8 Å². The smallest absolute Gasteiger partial charge is 0.382 e. The Hall–Kier alpha value is -4.31. The minimum absolute atomic E-state index is 0.0318. The largest absolute Gasteiger partial charge is 0.416 e. The fraction of sp³-hybridized carbons (Fsp3) is 0.250. The molecular formula is C24H22F4N8O3S. The molecule has 4 aromatic rings. The van der Waals surface area contributed by atoms with Gasteiger partial charge < -0.3 is 11.5 Å². The maximum Gasteiger partial charge on any atom is 0.416 e. The van der Waals surface area contributed by atoms with Crippen LogP contribution in [0, 0.1) is 5.82 Å². The summed E-state index contributed by atoms with van der Waals surface area (Å²) >= 11 is 0. The van der Waals surface area contributed by atoms with Gasteiger partial charge in [-0.05, 0) is 35.9 Å². The molecule has 3 aromatic heterocycles. The first-order valence-corrected chi connectivity index (χ1v) is 13.6. The van der Waals surface area contributed by atoms with Crippen LogP contribution in [0.15, 0.2) is 48.9 Å². The van der Waals surface area contributed by atoms with Crippen molar-refractivity contribution in [1.29, 1.82) is 0 Å². The maximum absolute atomic E-state index is 15.5. The summed E-state index contributed by atoms with van der Waals surface area (Å²) < 4.78 is 80.3. The lowest BCUT2D eigenvalue weighted by Crippen LogP contribution is -2.39. The van der Waals surface area contributed by atoms with E-state index < -0.39 is 44.9 Å². The summed E-state index contributed by atoms with van der Waals surface area (Å²) in [7, 11) is -3.08. The Morgan fingerprint density at radius 3 is 2.45 bits per heavy atom. The van der Waals surface area contributed by atoms with Gasteiger partial charge in [-0.25, -0.2) is 37.0 Å². The Labute approximate surface area is 224 Å². The van der Waals surface area contributed by atoms with Crippen molar-refractivity contribution >= 4 is 38.7 Å². The first-order chi connectivity index (χ1) is 18.8. The van der Waals surface area contributed by atoms with Crippen LogP contribution < -0.4 is 16.4 Å². The molecular weight excluding hydrogens is 556 g/mol. The van der Waals surface area contributed by atoms with E-state index in [1.54, 1.807) is 6.07 Å². The van der Waals surface area contributed by atoms with E-state index in [1.807, 2.05) is 4.90 Å². The topological polar surface area (TPSA) is 153 Å². The third kappa shape index (κ3) is 5.27. The van der Waals surface area contributed by atoms with Crippen LogP contribution in [0.2, 0.25) is 0 Å². The Morgan fingerprint density at radius 1 is 1.07 bits per heavy atom. The number of urea groups is 1. The number of alkyl halides is 3. The number of halogens is 4. The highest BCUT2D eigenvalue weighted by Gasteiger charge is 2.32. The molecule has 210 valence electrons. The SMILES string of the molecule is NC(=O)N(c1cc(C(F)(F)F)ccn1)c1ccc(-c2cc(CN3CCS(=O)(=O)CC3)n3ncnc(N)c23)cc1F. The average Bonchev–Trinajstić information content (AvgIpc) is 3.25. The van der Waals surface area contributed by atoms with Gasteiger partial charge in [0.25, 0.3) is 0 Å². The Bertz CT molecular complexity index is 1710. The van der Waals surface area contributed by atoms with Gasteiger partial charge in [-0.15, -0.1) is 0 Å². The quantitative estimate of drug-likeness (QED) is 0.343. The molecule has 0 radical (unpaired) electrons. The van der Waals surface area contributed by atoms with Gasteiger partial charge in [0.15, 0.2) is 15.7 Å². The van der Waals surface area contributed by atoms with Crippen molar-refractivity contribution in [2.45, 2.75) is 12.7 Å². The van der Waals surface area contributed by atoms with Crippen LogP contribution in [0.1, 0.15) is 11.3 Å². The second kappa shape index (κ2) is 10.0. The molecule has 11 nitrogen and oxygen atoms in total. The van der Waals surface area contributed by atoms with Crippen LogP contribution in [0.5, 0.6) is 0 Å². The first kappa shape index (κ1) is 27.3. The lowest BCUT2D eigenvalue weighted by Gasteiger charge is -2.26. The van der Waals surface area contributed by atoms with E-state index in [0.29, 0.717) is 59.0 Å². The standard InChI is InChI=1S/C24H22F4N8O3S/c25-18-9-14(1-2-19(18)35(23(30)37)20-10-15(3-4-31-20)24(26,27)28)17-11-16(36-21(17)22(29)32-13-33-36)12-34-5-7-40(38,39)8-6-34/h1-4,9-11,13H,5-8,12H2,(H2,30,37)(H2,29,32,33). The number of nitrogens with zero attached hydrogens (tertiary/aromatic N) is 6. The third-order valence-electron chi connectivity index (χ3n) is 6.50. The number of benzene rings is 1. The molecule has 1 saturated heterocycles. The molecule has 0 atom stereocenters. The zero-order valence-corrected chi connectivity index (χ0v) is 21.5. The fourth-order valence-electron chi connectivity index (χ4n) is 4.53. The normalized spacial score (nSPS) is 15.8. The van der Waals surface area contributed by atoms with Crippen molar-refractivity contribution in [2.75, 3.05) is 35.2 Å². The van der Waals surface area contributed by atoms with Gasteiger partial charge in [0, 0.05) is 31.4 Å². The number of pyridine rings is 1. The molecule has 0 aliphatic carbocycles. The molecule has 4 heterocycles. The van der Waals surface area contributed by atoms with Crippen molar-refractivity contribution in [2.24, 2.45) is 5.73 Å². The molecule has 4 N–H and O–H groups in total. The Morgan fingerprint density at radius 2 is 1.80 bits per heavy atom. The highest BCUT2D eigenvalue weighted by Crippen LogP contribution is 2.36. The van der Waals surface area contributed by atoms with Crippen LogP contribution in [0.4, 0.5) is 39.7 Å². The molecule has 1 aromatic carbocycles. The summed E-state index contributed by atoms with van der Waals surface area (Å²) in [5.74, 6) is -1.30. The van der Waals surface area contributed by atoms with Crippen LogP contribution in [-0.4, -0.2) is 63.5 Å². The van der Waals surface area contributed by atoms with E-state index in [9.17, 15) is 26.4 Å². The lowest BCUT2D eigenvalue weighted by atomic mass is 10.1. The number of carbonyl (C=O) groups is 1. The zero-order chi connectivity index (χ0) is 28.8. The minimum Gasteiger partial charge on any atom is -0.382 e. The molecule has 0 spiro atoms. The van der Waals surface area contributed by atoms with E-state index in [0.717, 1.165) is 12.3 Å². The molecule has 1 fully saturated rings. The number of aromatic nitrogens is 4. The van der Waals surface area contributed by atoms with Crippen LogP contribution >= 0.6 is 0 Å². The third-order valence-corrected chi connectivity index (χ3v) is 8.11. The van der Waals surface area contributed by atoms with Crippen molar-refractivity contribution in [3.05, 3.63) is 66.0 Å². The highest BCUT2D eigenvalue weighted by molar-refractivity contribution is 7.91. The van der Waals surface area contributed by atoms with Crippen molar-refractivity contribution in [3.8, 4) is 11.1 Å². The van der Waals surface area contributed by atoms with Crippen LogP contribution in [0.3, 0.4) is 0 Å². The van der Waals surface area contributed by atoms with Gasteiger partial charge in [-0.2, -0.15) is 18.3 Å². The van der Waals surface area contributed by atoms with Gasteiger partial charge in [-0.3, -0.25) is 4.90 Å². The minimum atomic E-state index is -4.72. The predicted molar refractivity (Wildman–Crippen MR) is 138 cm³/mol. The van der Waals surface area contributed by atoms with E-state index in [1.165, 1.54) is 23.0 Å². The summed E-state index contributed by atoms with van der Waals surface area (Å²) in [6, 6.07) is 5.51. The van der Waals surface area contributed by atoms with Crippen molar-refractivity contribution in [3.63, 3.8) is 0 Å². The predicted octanol–water partition coefficient (Wildman–Crippen LogP) is 2.98. The fourth-order valence-corrected chi connectivity index (χ4v) is 5.81. The number of anilines is 3. The summed E-state index contributed by atoms with van der Waals surface area (Å²) in [5.41, 5.74) is 11.8. The number of sulfone groups is 1. The van der Waals surface area contributed by atoms with E-state index in [4.69, 9.17) is 11.5 Å². The van der Waals surface area contributed by atoms with Crippen molar-refractivity contribution in [1.82, 2.24) is 24.5 Å². The summed E-state index contributed by atoms with van der Waals surface area (Å²) in [5, 5.41) is 4.26. The number of fused-ring (bicyclic) bond motifs is 1. The molecule has 40 heavy (non-hydrogen) atoms. The summed E-state index contributed by atoms with van der Waals surface area (Å²) in [4.78, 5) is 22.5. The molecule has 1 aliphatic rings. The van der Waals surface area contributed by atoms with Gasteiger partial charge >= 0.3 is 12.2 Å². The second-order valence-corrected chi connectivity index (χ2v) is 11.4. The second-order valence-electron chi connectivity index (χ2n) is 9.12. The zero-order valence-electron chi connectivity index (χ0n) is 20.6. The maximum atomic E-state index is 15.5. The van der Waals surface area contributed by atoms with Gasteiger partial charge in [0.05, 0.1) is 28.5 Å². The van der Waals surface area contributed by atoms with Gasteiger partial charge in [0.1, 0.15) is 23.5 Å². The monoisotopic (exact) mass is 578 g/mol. The number of carbonyl (C=O) groups excluding carboxylic acids is 1. The number of rotatable bonds is 5. The molecule has 2 amide bonds. The van der Waals surface area contributed by atoms with Crippen LogP contribution in [-0.2, 0) is 22.6 Å². The van der Waals surface area contributed by atoms with E-state index in [2.05, 4.69) is 15.1 Å². The number of hydrogen-bond donors (Lipinski definition) is 2. The number of nitrogen functional groups attached to an aromatic ring is 1. The molecule has 0 unspecified atom stereocenters. The molecule has 0 bridgehead atoms. The summed E-state index contributed by atoms with van der Waals surface area (Å²) in [6.07, 6.45) is -2.62. The molecule has 0 saturated carbocycles. The Balaban J connectivity index is 1.53. The summed E-state index contributed by atoms with van der Waals surface area (Å²) in [6.45, 7) is 1.01. The first-order valence-electron chi connectivity index (χ1n) is 11.8. The molecule has 5 rings (SSSR count). The van der Waals surface area contributed by atoms with E-state index >= 15 is 4.39 Å². The molecule has 16 heteroatoms. The van der Waals surface area contributed by atoms with E-state index in [-0.39, 0.29) is 17.3 Å².